The molecule has 0 saturated carbocycles. The van der Waals surface area contributed by atoms with Gasteiger partial charge in [0.15, 0.2) is 5.82 Å². The Morgan fingerprint density at radius 2 is 2.33 bits per heavy atom. The van der Waals surface area contributed by atoms with Gasteiger partial charge in [0, 0.05) is 25.7 Å². The molecule has 18 heavy (non-hydrogen) atoms. The molecule has 2 rings (SSSR count). The van der Waals surface area contributed by atoms with Gasteiger partial charge in [-0.05, 0) is 0 Å². The zero-order valence-corrected chi connectivity index (χ0v) is 9.41. The van der Waals surface area contributed by atoms with Crippen molar-refractivity contribution < 1.29 is 14.4 Å². The van der Waals surface area contributed by atoms with Crippen molar-refractivity contribution >= 4 is 5.97 Å². The van der Waals surface area contributed by atoms with E-state index in [2.05, 4.69) is 29.9 Å². The molecule has 2 N–H and O–H groups in total. The molecule has 0 atom stereocenters. The Hall–Kier alpha value is -2.35. The summed E-state index contributed by atoms with van der Waals surface area (Å²) in [4.78, 5) is 22.4. The van der Waals surface area contributed by atoms with Gasteiger partial charge in [0.2, 0.25) is 6.39 Å². The van der Waals surface area contributed by atoms with Crippen LogP contribution in [-0.2, 0) is 13.0 Å². The van der Waals surface area contributed by atoms with Gasteiger partial charge < -0.3 is 14.9 Å². The molecule has 0 fully saturated rings. The fourth-order valence-corrected chi connectivity index (χ4v) is 1.38. The van der Waals surface area contributed by atoms with Crippen LogP contribution in [0.3, 0.4) is 0 Å². The minimum absolute atomic E-state index is 0.101. The molecule has 94 valence electrons. The predicted octanol–water partition coefficient (Wildman–Crippen LogP) is -0.110. The number of hydrogen-bond donors (Lipinski definition) is 2. The SMILES string of the molecule is O=C(O)c1cncnc1CNCCc1ncon1. The second kappa shape index (κ2) is 5.82. The monoisotopic (exact) mass is 249 g/mol. The normalized spacial score (nSPS) is 10.4. The number of carboxylic acids is 1. The van der Waals surface area contributed by atoms with Crippen LogP contribution in [0.5, 0.6) is 0 Å². The topological polar surface area (TPSA) is 114 Å². The van der Waals surface area contributed by atoms with Crippen LogP contribution in [0.2, 0.25) is 0 Å². The van der Waals surface area contributed by atoms with Crippen LogP contribution in [0.25, 0.3) is 0 Å². The van der Waals surface area contributed by atoms with Crippen molar-refractivity contribution in [3.63, 3.8) is 0 Å². The van der Waals surface area contributed by atoms with Gasteiger partial charge in [-0.25, -0.2) is 14.8 Å². The summed E-state index contributed by atoms with van der Waals surface area (Å²) in [6.45, 7) is 0.949. The Morgan fingerprint density at radius 1 is 1.44 bits per heavy atom. The van der Waals surface area contributed by atoms with E-state index in [0.717, 1.165) is 0 Å². The fraction of sp³-hybridized carbons (Fsp3) is 0.300. The molecule has 2 aromatic heterocycles. The average molecular weight is 249 g/mol. The summed E-state index contributed by atoms with van der Waals surface area (Å²) in [5.74, 6) is -0.436. The number of hydrogen-bond acceptors (Lipinski definition) is 7. The number of aromatic carboxylic acids is 1. The highest BCUT2D eigenvalue weighted by atomic mass is 16.5. The first kappa shape index (κ1) is 12.1. The lowest BCUT2D eigenvalue weighted by Crippen LogP contribution is -2.20. The summed E-state index contributed by atoms with van der Waals surface area (Å²) in [7, 11) is 0. The van der Waals surface area contributed by atoms with Crippen molar-refractivity contribution in [3.8, 4) is 0 Å². The first-order valence-electron chi connectivity index (χ1n) is 5.25. The number of carbonyl (C=O) groups is 1. The molecule has 0 aliphatic carbocycles. The number of rotatable bonds is 6. The summed E-state index contributed by atoms with van der Waals surface area (Å²) in [5, 5.41) is 15.7. The molecule has 0 aliphatic heterocycles. The molecule has 2 aromatic rings. The van der Waals surface area contributed by atoms with Crippen LogP contribution >= 0.6 is 0 Å². The molecular weight excluding hydrogens is 238 g/mol. The van der Waals surface area contributed by atoms with Crippen molar-refractivity contribution in [3.05, 3.63) is 36.0 Å². The van der Waals surface area contributed by atoms with E-state index in [1.54, 1.807) is 0 Å². The van der Waals surface area contributed by atoms with Crippen molar-refractivity contribution in [2.75, 3.05) is 6.54 Å². The molecule has 0 amide bonds. The van der Waals surface area contributed by atoms with Crippen molar-refractivity contribution in [2.24, 2.45) is 0 Å². The molecule has 8 heteroatoms. The second-order valence-corrected chi connectivity index (χ2v) is 3.46. The van der Waals surface area contributed by atoms with Gasteiger partial charge >= 0.3 is 5.97 Å². The molecule has 0 spiro atoms. The van der Waals surface area contributed by atoms with Crippen molar-refractivity contribution in [1.82, 2.24) is 25.4 Å². The minimum Gasteiger partial charge on any atom is -0.478 e. The Morgan fingerprint density at radius 3 is 3.06 bits per heavy atom. The highest BCUT2D eigenvalue weighted by Crippen LogP contribution is 2.02. The predicted molar refractivity (Wildman–Crippen MR) is 58.7 cm³/mol. The summed E-state index contributed by atoms with van der Waals surface area (Å²) in [6.07, 6.45) is 4.47. The zero-order valence-electron chi connectivity index (χ0n) is 9.41. The highest BCUT2D eigenvalue weighted by molar-refractivity contribution is 5.88. The van der Waals surface area contributed by atoms with Gasteiger partial charge in [0.05, 0.1) is 5.69 Å². The van der Waals surface area contributed by atoms with E-state index in [1.165, 1.54) is 18.9 Å². The number of aromatic nitrogens is 4. The first-order chi connectivity index (χ1) is 8.77. The van der Waals surface area contributed by atoms with Gasteiger partial charge in [0.25, 0.3) is 0 Å². The van der Waals surface area contributed by atoms with Crippen molar-refractivity contribution in [1.29, 1.82) is 0 Å². The minimum atomic E-state index is -1.04. The average Bonchev–Trinajstić information content (AvgIpc) is 2.88. The third-order valence-corrected chi connectivity index (χ3v) is 2.25. The maximum Gasteiger partial charge on any atom is 0.339 e. The van der Waals surface area contributed by atoms with Gasteiger partial charge in [0.1, 0.15) is 11.9 Å². The van der Waals surface area contributed by atoms with Crippen LogP contribution in [0.1, 0.15) is 21.9 Å². The molecule has 0 aliphatic rings. The molecule has 0 aromatic carbocycles. The Kier molecular flexibility index (Phi) is 3.92. The highest BCUT2D eigenvalue weighted by Gasteiger charge is 2.10. The molecule has 0 unspecified atom stereocenters. The van der Waals surface area contributed by atoms with Crippen LogP contribution in [0.15, 0.2) is 23.4 Å². The van der Waals surface area contributed by atoms with Crippen LogP contribution in [0, 0.1) is 0 Å². The van der Waals surface area contributed by atoms with E-state index < -0.39 is 5.97 Å². The van der Waals surface area contributed by atoms with Crippen molar-refractivity contribution in [2.45, 2.75) is 13.0 Å². The molecule has 0 saturated heterocycles. The second-order valence-electron chi connectivity index (χ2n) is 3.46. The zero-order chi connectivity index (χ0) is 12.8. The van der Waals surface area contributed by atoms with Gasteiger partial charge in [-0.1, -0.05) is 5.16 Å². The standard InChI is InChI=1S/C10H11N5O3/c16-10(17)7-3-12-5-13-8(7)4-11-2-1-9-14-6-18-15-9/h3,5-6,11H,1-2,4H2,(H,16,17). The number of nitrogens with zero attached hydrogens (tertiary/aromatic N) is 4. The van der Waals surface area contributed by atoms with Gasteiger partial charge in [-0.15, -0.1) is 0 Å². The maximum absolute atomic E-state index is 10.9. The Labute approximate surface area is 102 Å². The summed E-state index contributed by atoms with van der Waals surface area (Å²) < 4.78 is 4.59. The van der Waals surface area contributed by atoms with Crippen LogP contribution in [-0.4, -0.2) is 37.7 Å². The van der Waals surface area contributed by atoms with Gasteiger partial charge in [-0.3, -0.25) is 0 Å². The molecule has 0 bridgehead atoms. The molecule has 8 nitrogen and oxygen atoms in total. The van der Waals surface area contributed by atoms with E-state index >= 15 is 0 Å². The summed E-state index contributed by atoms with van der Waals surface area (Å²) >= 11 is 0. The van der Waals surface area contributed by atoms with E-state index in [9.17, 15) is 4.79 Å². The Balaban J connectivity index is 1.85. The smallest absolute Gasteiger partial charge is 0.339 e. The Bertz CT molecular complexity index is 514. The fourth-order valence-electron chi connectivity index (χ4n) is 1.38. The molecular formula is C10H11N5O3. The third-order valence-electron chi connectivity index (χ3n) is 2.25. The number of nitrogens with one attached hydrogen (secondary N) is 1. The first-order valence-corrected chi connectivity index (χ1v) is 5.25. The lowest BCUT2D eigenvalue weighted by atomic mass is 10.2. The van der Waals surface area contributed by atoms with E-state index in [0.29, 0.717) is 31.0 Å². The largest absolute Gasteiger partial charge is 0.478 e. The van der Waals surface area contributed by atoms with E-state index in [4.69, 9.17) is 5.11 Å². The summed E-state index contributed by atoms with van der Waals surface area (Å²) in [5.41, 5.74) is 0.551. The quantitative estimate of drug-likeness (QED) is 0.681. The molecule has 2 heterocycles. The maximum atomic E-state index is 10.9. The number of carboxylic acid groups (broad SMARTS) is 1. The van der Waals surface area contributed by atoms with Crippen LogP contribution in [0.4, 0.5) is 0 Å². The molecule has 0 radical (unpaired) electrons. The lowest BCUT2D eigenvalue weighted by Gasteiger charge is -2.05. The van der Waals surface area contributed by atoms with E-state index in [-0.39, 0.29) is 5.56 Å². The van der Waals surface area contributed by atoms with Gasteiger partial charge in [-0.2, -0.15) is 4.98 Å². The third kappa shape index (κ3) is 3.08. The lowest BCUT2D eigenvalue weighted by molar-refractivity contribution is 0.0694. The van der Waals surface area contributed by atoms with E-state index in [1.807, 2.05) is 0 Å². The van der Waals surface area contributed by atoms with Crippen LogP contribution < -0.4 is 5.32 Å². The summed E-state index contributed by atoms with van der Waals surface area (Å²) in [6, 6.07) is 0.